The van der Waals surface area contributed by atoms with Crippen LogP contribution in [0.2, 0.25) is 0 Å². The fourth-order valence-corrected chi connectivity index (χ4v) is 3.66. The van der Waals surface area contributed by atoms with Crippen LogP contribution in [0.25, 0.3) is 0 Å². The maximum absolute atomic E-state index is 4.49. The molecule has 0 saturated heterocycles. The lowest BCUT2D eigenvalue weighted by molar-refractivity contribution is 0.415. The zero-order valence-electron chi connectivity index (χ0n) is 11.5. The van der Waals surface area contributed by atoms with Gasteiger partial charge in [-0.15, -0.1) is 11.3 Å². The lowest BCUT2D eigenvalue weighted by Crippen LogP contribution is -2.27. The van der Waals surface area contributed by atoms with Gasteiger partial charge in [-0.1, -0.05) is 24.3 Å². The lowest BCUT2D eigenvalue weighted by Gasteiger charge is -2.28. The van der Waals surface area contributed by atoms with Crippen molar-refractivity contribution in [2.75, 3.05) is 0 Å². The van der Waals surface area contributed by atoms with Gasteiger partial charge in [0.05, 0.1) is 6.04 Å². The van der Waals surface area contributed by atoms with E-state index in [1.54, 1.807) is 11.3 Å². The standard InChI is InChI=1S/C16H20N2S/c1-11-10-17-16(19-11)12(2)18-15-9-5-7-13-6-3-4-8-14(13)15/h3-4,6,8,10,12,15,18H,5,7,9H2,1-2H3. The number of nitrogens with zero attached hydrogens (tertiary/aromatic N) is 1. The Morgan fingerprint density at radius 3 is 3.00 bits per heavy atom. The van der Waals surface area contributed by atoms with Crippen LogP contribution in [0.3, 0.4) is 0 Å². The van der Waals surface area contributed by atoms with E-state index in [2.05, 4.69) is 48.4 Å². The van der Waals surface area contributed by atoms with E-state index in [0.29, 0.717) is 12.1 Å². The number of aromatic nitrogens is 1. The van der Waals surface area contributed by atoms with Crippen LogP contribution in [-0.2, 0) is 6.42 Å². The van der Waals surface area contributed by atoms with Gasteiger partial charge in [0.1, 0.15) is 5.01 Å². The number of hydrogen-bond donors (Lipinski definition) is 1. The van der Waals surface area contributed by atoms with Crippen LogP contribution in [0.5, 0.6) is 0 Å². The molecule has 19 heavy (non-hydrogen) atoms. The van der Waals surface area contributed by atoms with Crippen molar-refractivity contribution >= 4 is 11.3 Å². The van der Waals surface area contributed by atoms with E-state index in [1.807, 2.05) is 6.20 Å². The Morgan fingerprint density at radius 1 is 1.37 bits per heavy atom. The fraction of sp³-hybridized carbons (Fsp3) is 0.438. The second-order valence-electron chi connectivity index (χ2n) is 5.34. The molecule has 2 unspecified atom stereocenters. The lowest BCUT2D eigenvalue weighted by atomic mass is 9.87. The average Bonchev–Trinajstić information content (AvgIpc) is 2.86. The van der Waals surface area contributed by atoms with Gasteiger partial charge in [-0.25, -0.2) is 4.98 Å². The topological polar surface area (TPSA) is 24.9 Å². The summed E-state index contributed by atoms with van der Waals surface area (Å²) in [6.07, 6.45) is 5.69. The highest BCUT2D eigenvalue weighted by molar-refractivity contribution is 7.11. The van der Waals surface area contributed by atoms with Crippen molar-refractivity contribution in [2.24, 2.45) is 0 Å². The highest BCUT2D eigenvalue weighted by atomic mass is 32.1. The predicted octanol–water partition coefficient (Wildman–Crippen LogP) is 4.18. The minimum absolute atomic E-state index is 0.329. The summed E-state index contributed by atoms with van der Waals surface area (Å²) < 4.78 is 0. The molecule has 1 aliphatic carbocycles. The number of rotatable bonds is 3. The maximum Gasteiger partial charge on any atom is 0.109 e. The summed E-state index contributed by atoms with van der Waals surface area (Å²) in [7, 11) is 0. The third-order valence-electron chi connectivity index (χ3n) is 3.83. The number of nitrogens with one attached hydrogen (secondary N) is 1. The van der Waals surface area contributed by atoms with Crippen LogP contribution in [0.1, 0.15) is 52.9 Å². The Kier molecular flexibility index (Phi) is 3.67. The van der Waals surface area contributed by atoms with Crippen molar-refractivity contribution in [3.63, 3.8) is 0 Å². The van der Waals surface area contributed by atoms with Crippen molar-refractivity contribution in [1.82, 2.24) is 10.3 Å². The molecule has 0 saturated carbocycles. The van der Waals surface area contributed by atoms with E-state index in [1.165, 1.54) is 40.3 Å². The van der Waals surface area contributed by atoms with Gasteiger partial charge in [-0.3, -0.25) is 0 Å². The molecule has 0 aliphatic heterocycles. The highest BCUT2D eigenvalue weighted by Gasteiger charge is 2.22. The molecule has 1 aliphatic rings. The molecule has 0 fully saturated rings. The third-order valence-corrected chi connectivity index (χ3v) is 4.93. The summed E-state index contributed by atoms with van der Waals surface area (Å²) >= 11 is 1.79. The summed E-state index contributed by atoms with van der Waals surface area (Å²) in [5.74, 6) is 0. The number of fused-ring (bicyclic) bond motifs is 1. The smallest absolute Gasteiger partial charge is 0.109 e. The van der Waals surface area contributed by atoms with Gasteiger partial charge in [-0.2, -0.15) is 0 Å². The SMILES string of the molecule is Cc1cnc(C(C)NC2CCCc3ccccc32)s1. The number of thiazole rings is 1. The van der Waals surface area contributed by atoms with E-state index >= 15 is 0 Å². The number of aryl methyl sites for hydroxylation is 2. The highest BCUT2D eigenvalue weighted by Crippen LogP contribution is 2.32. The Bertz CT molecular complexity index is 561. The molecule has 2 nitrogen and oxygen atoms in total. The molecule has 0 bridgehead atoms. The van der Waals surface area contributed by atoms with E-state index < -0.39 is 0 Å². The van der Waals surface area contributed by atoms with Gasteiger partial charge >= 0.3 is 0 Å². The van der Waals surface area contributed by atoms with Crippen molar-refractivity contribution < 1.29 is 0 Å². The first-order valence-electron chi connectivity index (χ1n) is 7.00. The fourth-order valence-electron chi connectivity index (χ4n) is 2.87. The van der Waals surface area contributed by atoms with Gasteiger partial charge < -0.3 is 5.32 Å². The second kappa shape index (κ2) is 5.43. The van der Waals surface area contributed by atoms with Crippen LogP contribution < -0.4 is 5.32 Å². The first-order chi connectivity index (χ1) is 9.24. The molecule has 0 amide bonds. The van der Waals surface area contributed by atoms with E-state index in [0.717, 1.165) is 0 Å². The Labute approximate surface area is 118 Å². The monoisotopic (exact) mass is 272 g/mol. The first kappa shape index (κ1) is 12.8. The molecular formula is C16H20N2S. The summed E-state index contributed by atoms with van der Waals surface area (Å²) in [6.45, 7) is 4.33. The Hall–Kier alpha value is -1.19. The molecule has 100 valence electrons. The zero-order valence-corrected chi connectivity index (χ0v) is 12.3. The molecule has 3 heteroatoms. The van der Waals surface area contributed by atoms with Crippen molar-refractivity contribution in [3.8, 4) is 0 Å². The first-order valence-corrected chi connectivity index (χ1v) is 7.82. The van der Waals surface area contributed by atoms with Crippen molar-refractivity contribution in [2.45, 2.75) is 45.2 Å². The summed E-state index contributed by atoms with van der Waals surface area (Å²) in [5.41, 5.74) is 2.99. The maximum atomic E-state index is 4.49. The van der Waals surface area contributed by atoms with Gasteiger partial charge in [0.2, 0.25) is 0 Å². The molecule has 0 spiro atoms. The average molecular weight is 272 g/mol. The Balaban J connectivity index is 1.77. The van der Waals surface area contributed by atoms with Gasteiger partial charge in [0.25, 0.3) is 0 Å². The zero-order chi connectivity index (χ0) is 13.2. The van der Waals surface area contributed by atoms with Crippen molar-refractivity contribution in [3.05, 3.63) is 51.5 Å². The molecule has 1 aromatic carbocycles. The van der Waals surface area contributed by atoms with Crippen LogP contribution >= 0.6 is 11.3 Å². The molecule has 3 rings (SSSR count). The Morgan fingerprint density at radius 2 is 2.21 bits per heavy atom. The van der Waals surface area contributed by atoms with Crippen LogP contribution in [0.4, 0.5) is 0 Å². The van der Waals surface area contributed by atoms with E-state index in [-0.39, 0.29) is 0 Å². The largest absolute Gasteiger partial charge is 0.301 e. The molecular weight excluding hydrogens is 252 g/mol. The second-order valence-corrected chi connectivity index (χ2v) is 6.61. The molecule has 1 aromatic heterocycles. The number of benzene rings is 1. The van der Waals surface area contributed by atoms with Crippen LogP contribution in [-0.4, -0.2) is 4.98 Å². The normalized spacial score (nSPS) is 20.0. The summed E-state index contributed by atoms with van der Waals surface area (Å²) in [6, 6.07) is 9.64. The van der Waals surface area contributed by atoms with Gasteiger partial charge in [0, 0.05) is 17.1 Å². The number of hydrogen-bond acceptors (Lipinski definition) is 3. The minimum atomic E-state index is 0.329. The molecule has 2 aromatic rings. The van der Waals surface area contributed by atoms with Crippen molar-refractivity contribution in [1.29, 1.82) is 0 Å². The quantitative estimate of drug-likeness (QED) is 0.906. The van der Waals surface area contributed by atoms with E-state index in [9.17, 15) is 0 Å². The molecule has 1 N–H and O–H groups in total. The van der Waals surface area contributed by atoms with Crippen LogP contribution in [0, 0.1) is 6.92 Å². The van der Waals surface area contributed by atoms with Crippen LogP contribution in [0.15, 0.2) is 30.5 Å². The third kappa shape index (κ3) is 2.72. The molecule has 2 atom stereocenters. The van der Waals surface area contributed by atoms with E-state index in [4.69, 9.17) is 0 Å². The summed E-state index contributed by atoms with van der Waals surface area (Å²) in [4.78, 5) is 5.78. The molecule has 1 heterocycles. The predicted molar refractivity (Wildman–Crippen MR) is 80.5 cm³/mol. The van der Waals surface area contributed by atoms with Gasteiger partial charge in [0.15, 0.2) is 0 Å². The van der Waals surface area contributed by atoms with Gasteiger partial charge in [-0.05, 0) is 44.2 Å². The molecule has 0 radical (unpaired) electrons. The minimum Gasteiger partial charge on any atom is -0.301 e. The summed E-state index contributed by atoms with van der Waals surface area (Å²) in [5, 5.41) is 4.95.